The van der Waals surface area contributed by atoms with Gasteiger partial charge in [0.25, 0.3) is 17.4 Å². The van der Waals surface area contributed by atoms with Crippen LogP contribution in [-0.4, -0.2) is 56.4 Å². The van der Waals surface area contributed by atoms with Crippen LogP contribution in [-0.2, 0) is 16.1 Å². The van der Waals surface area contributed by atoms with Gasteiger partial charge in [0.2, 0.25) is 0 Å². The molecule has 30 heavy (non-hydrogen) atoms. The number of aliphatic hydroxyl groups excluding tert-OH is 2. The molecule has 0 aliphatic carbocycles. The first-order valence-electron chi connectivity index (χ1n) is 9.21. The predicted molar refractivity (Wildman–Crippen MR) is 108 cm³/mol. The highest BCUT2D eigenvalue weighted by molar-refractivity contribution is 6.18. The van der Waals surface area contributed by atoms with Gasteiger partial charge in [-0.3, -0.25) is 23.9 Å². The van der Waals surface area contributed by atoms with Gasteiger partial charge in [-0.25, -0.2) is 0 Å². The SMILES string of the molecule is CC1=C(C#N)C(=O)N(CCO)C(=O)C1=CC=Cc1c(C)c(C)c(O)n(CCO)c1=O. The van der Waals surface area contributed by atoms with Gasteiger partial charge in [-0.2, -0.15) is 5.26 Å². The van der Waals surface area contributed by atoms with Crippen molar-refractivity contribution in [3.05, 3.63) is 55.9 Å². The van der Waals surface area contributed by atoms with Crippen molar-refractivity contribution in [2.24, 2.45) is 0 Å². The number of carbonyl (C=O) groups excluding carboxylic acids is 2. The third-order valence-corrected chi connectivity index (χ3v) is 5.03. The minimum atomic E-state index is -0.757. The molecule has 1 aliphatic rings. The van der Waals surface area contributed by atoms with Crippen LogP contribution in [0.15, 0.2) is 33.7 Å². The average molecular weight is 413 g/mol. The molecule has 3 N–H and O–H groups in total. The molecule has 0 bridgehead atoms. The lowest BCUT2D eigenvalue weighted by molar-refractivity contribution is -0.141. The highest BCUT2D eigenvalue weighted by Gasteiger charge is 2.34. The zero-order chi connectivity index (χ0) is 22.6. The predicted octanol–water partition coefficient (Wildman–Crippen LogP) is 0.304. The molecule has 0 spiro atoms. The molecule has 0 unspecified atom stereocenters. The van der Waals surface area contributed by atoms with E-state index in [0.717, 1.165) is 9.47 Å². The second-order valence-electron chi connectivity index (χ2n) is 6.70. The van der Waals surface area contributed by atoms with E-state index in [2.05, 4.69) is 0 Å². The summed E-state index contributed by atoms with van der Waals surface area (Å²) in [6.45, 7) is 3.72. The smallest absolute Gasteiger partial charge is 0.271 e. The lowest BCUT2D eigenvalue weighted by Gasteiger charge is -2.26. The van der Waals surface area contributed by atoms with Crippen molar-refractivity contribution in [1.82, 2.24) is 9.47 Å². The number of hydrogen-bond donors (Lipinski definition) is 3. The summed E-state index contributed by atoms with van der Waals surface area (Å²) in [5, 5.41) is 37.7. The monoisotopic (exact) mass is 413 g/mol. The fraction of sp³-hybridized carbons (Fsp3) is 0.333. The summed E-state index contributed by atoms with van der Waals surface area (Å²) in [7, 11) is 0. The minimum absolute atomic E-state index is 0.0716. The second-order valence-corrected chi connectivity index (χ2v) is 6.70. The number of aromatic nitrogens is 1. The van der Waals surface area contributed by atoms with Crippen molar-refractivity contribution in [3.63, 3.8) is 0 Å². The maximum Gasteiger partial charge on any atom is 0.271 e. The van der Waals surface area contributed by atoms with Crippen LogP contribution < -0.4 is 5.56 Å². The molecule has 2 rings (SSSR count). The molecule has 0 radical (unpaired) electrons. The Balaban J connectivity index is 2.57. The van der Waals surface area contributed by atoms with E-state index in [4.69, 9.17) is 10.2 Å². The molecule has 0 saturated carbocycles. The molecule has 2 heterocycles. The minimum Gasteiger partial charge on any atom is -0.494 e. The van der Waals surface area contributed by atoms with Gasteiger partial charge in [-0.15, -0.1) is 0 Å². The molecular formula is C21H23N3O6. The summed E-state index contributed by atoms with van der Waals surface area (Å²) >= 11 is 0. The summed E-state index contributed by atoms with van der Waals surface area (Å²) < 4.78 is 1.06. The van der Waals surface area contributed by atoms with Crippen LogP contribution in [0.25, 0.3) is 6.08 Å². The average Bonchev–Trinajstić information content (AvgIpc) is 2.72. The normalized spacial score (nSPS) is 16.1. The first kappa shape index (κ1) is 22.8. The Morgan fingerprint density at radius 1 is 1.00 bits per heavy atom. The van der Waals surface area contributed by atoms with Gasteiger partial charge in [-0.05, 0) is 44.1 Å². The van der Waals surface area contributed by atoms with Crippen molar-refractivity contribution < 1.29 is 24.9 Å². The van der Waals surface area contributed by atoms with E-state index < -0.39 is 24.0 Å². The molecule has 1 aromatic heterocycles. The van der Waals surface area contributed by atoms with Crippen LogP contribution in [0.2, 0.25) is 0 Å². The number of aliphatic hydroxyl groups is 2. The summed E-state index contributed by atoms with van der Waals surface area (Å²) in [6, 6.07) is 1.79. The van der Waals surface area contributed by atoms with Crippen molar-refractivity contribution >= 4 is 17.9 Å². The summed E-state index contributed by atoms with van der Waals surface area (Å²) in [6.07, 6.45) is 4.30. The molecule has 1 aromatic rings. The van der Waals surface area contributed by atoms with Crippen LogP contribution in [0.5, 0.6) is 5.88 Å². The highest BCUT2D eigenvalue weighted by Crippen LogP contribution is 2.25. The van der Waals surface area contributed by atoms with E-state index in [1.165, 1.54) is 25.2 Å². The van der Waals surface area contributed by atoms with Gasteiger partial charge in [-0.1, -0.05) is 6.08 Å². The van der Waals surface area contributed by atoms with Gasteiger partial charge in [0.1, 0.15) is 11.6 Å². The Morgan fingerprint density at radius 2 is 1.63 bits per heavy atom. The van der Waals surface area contributed by atoms with Crippen LogP contribution in [0.1, 0.15) is 23.6 Å². The van der Waals surface area contributed by atoms with E-state index in [0.29, 0.717) is 11.1 Å². The van der Waals surface area contributed by atoms with Gasteiger partial charge >= 0.3 is 0 Å². The number of nitrogens with zero attached hydrogens (tertiary/aromatic N) is 3. The number of amides is 2. The number of nitriles is 1. The van der Waals surface area contributed by atoms with E-state index >= 15 is 0 Å². The van der Waals surface area contributed by atoms with E-state index in [1.807, 2.05) is 0 Å². The lowest BCUT2D eigenvalue weighted by atomic mass is 9.95. The van der Waals surface area contributed by atoms with Crippen LogP contribution in [0.4, 0.5) is 0 Å². The van der Waals surface area contributed by atoms with Crippen LogP contribution >= 0.6 is 0 Å². The zero-order valence-corrected chi connectivity index (χ0v) is 17.0. The van der Waals surface area contributed by atoms with Crippen LogP contribution in [0.3, 0.4) is 0 Å². The molecule has 0 atom stereocenters. The molecular weight excluding hydrogens is 390 g/mol. The standard InChI is InChI=1S/C21H23N3O6/c1-12-13(2)18(27)23(7-9-25)19(28)15(12)5-4-6-16-14(3)17(11-22)21(30)24(8-10-26)20(16)29/h4-6,25-27H,7-10H2,1-3H3. The topological polar surface area (TPSA) is 144 Å². The third-order valence-electron chi connectivity index (χ3n) is 5.03. The number of β-amino-alcohol motifs (C(OH)–C–C–N with tert-alkyl or cyclic N) is 1. The lowest BCUT2D eigenvalue weighted by Crippen LogP contribution is -2.44. The number of rotatable bonds is 6. The number of hydrogen-bond acceptors (Lipinski definition) is 7. The Labute approximate surface area is 173 Å². The summed E-state index contributed by atoms with van der Waals surface area (Å²) in [5.41, 5.74) is 0.901. The molecule has 0 fully saturated rings. The number of carbonyl (C=O) groups is 2. The first-order valence-corrected chi connectivity index (χ1v) is 9.21. The molecule has 0 aromatic carbocycles. The van der Waals surface area contributed by atoms with E-state index in [9.17, 15) is 24.8 Å². The van der Waals surface area contributed by atoms with Crippen LogP contribution in [0, 0.1) is 25.2 Å². The maximum absolute atomic E-state index is 12.7. The quantitative estimate of drug-likeness (QED) is 0.449. The Bertz CT molecular complexity index is 1090. The third kappa shape index (κ3) is 3.96. The molecule has 9 heteroatoms. The number of allylic oxidation sites excluding steroid dienone is 2. The van der Waals surface area contributed by atoms with Gasteiger partial charge in [0.15, 0.2) is 5.88 Å². The van der Waals surface area contributed by atoms with Gasteiger partial charge in [0.05, 0.1) is 26.3 Å². The summed E-state index contributed by atoms with van der Waals surface area (Å²) in [4.78, 5) is 38.3. The maximum atomic E-state index is 12.7. The molecule has 9 nitrogen and oxygen atoms in total. The first-order chi connectivity index (χ1) is 14.2. The fourth-order valence-corrected chi connectivity index (χ4v) is 3.18. The Kier molecular flexibility index (Phi) is 7.10. The van der Waals surface area contributed by atoms with Crippen molar-refractivity contribution in [2.45, 2.75) is 27.3 Å². The number of imide groups is 1. The highest BCUT2D eigenvalue weighted by atomic mass is 16.3. The summed E-state index contributed by atoms with van der Waals surface area (Å²) in [5.74, 6) is -1.63. The van der Waals surface area contributed by atoms with E-state index in [-0.39, 0.29) is 47.9 Å². The molecule has 2 amide bonds. The largest absolute Gasteiger partial charge is 0.494 e. The second kappa shape index (κ2) is 9.35. The van der Waals surface area contributed by atoms with Crippen molar-refractivity contribution in [3.8, 4) is 11.9 Å². The number of aromatic hydroxyl groups is 1. The molecule has 0 saturated heterocycles. The zero-order valence-electron chi connectivity index (χ0n) is 17.0. The number of pyridine rings is 1. The molecule has 1 aliphatic heterocycles. The Hall–Kier alpha value is -3.48. The van der Waals surface area contributed by atoms with Gasteiger partial charge < -0.3 is 15.3 Å². The van der Waals surface area contributed by atoms with E-state index in [1.54, 1.807) is 19.9 Å². The molecule has 158 valence electrons. The van der Waals surface area contributed by atoms with Crippen molar-refractivity contribution in [2.75, 3.05) is 19.8 Å². The van der Waals surface area contributed by atoms with Gasteiger partial charge in [0, 0.05) is 16.7 Å². The Morgan fingerprint density at radius 3 is 2.20 bits per heavy atom. The van der Waals surface area contributed by atoms with Crippen molar-refractivity contribution in [1.29, 1.82) is 5.26 Å². The fourth-order valence-electron chi connectivity index (χ4n) is 3.18.